The van der Waals surface area contributed by atoms with Gasteiger partial charge in [-0.15, -0.1) is 0 Å². The first-order chi connectivity index (χ1) is 7.78. The molecule has 0 atom stereocenters. The Morgan fingerprint density at radius 2 is 2.31 bits per heavy atom. The van der Waals surface area contributed by atoms with Crippen LogP contribution in [-0.4, -0.2) is 21.5 Å². The first-order valence-electron chi connectivity index (χ1n) is 4.86. The van der Waals surface area contributed by atoms with E-state index in [2.05, 4.69) is 10.1 Å². The molecule has 0 bridgehead atoms. The lowest BCUT2D eigenvalue weighted by molar-refractivity contribution is 0.381. The van der Waals surface area contributed by atoms with Crippen LogP contribution in [-0.2, 0) is 12.2 Å². The molecule has 0 unspecified atom stereocenters. The summed E-state index contributed by atoms with van der Waals surface area (Å²) in [6, 6.07) is 7.04. The normalized spacial score (nSPS) is 10.6. The van der Waals surface area contributed by atoms with Gasteiger partial charge in [0.15, 0.2) is 5.82 Å². The van der Waals surface area contributed by atoms with Crippen LogP contribution < -0.4 is 0 Å². The van der Waals surface area contributed by atoms with Crippen LogP contribution in [0.1, 0.15) is 17.3 Å². The van der Waals surface area contributed by atoms with Crippen molar-refractivity contribution in [2.75, 3.05) is 6.26 Å². The van der Waals surface area contributed by atoms with Crippen LogP contribution in [0.15, 0.2) is 28.8 Å². The van der Waals surface area contributed by atoms with Crippen LogP contribution in [0.25, 0.3) is 0 Å². The molecule has 0 aliphatic heterocycles. The van der Waals surface area contributed by atoms with E-state index < -0.39 is 0 Å². The Kier molecular flexibility index (Phi) is 3.46. The van der Waals surface area contributed by atoms with Crippen LogP contribution in [0.4, 0.5) is 0 Å². The summed E-state index contributed by atoms with van der Waals surface area (Å²) in [5.74, 6) is 2.29. The largest absolute Gasteiger partial charge is 0.508 e. The molecule has 1 heterocycles. The highest BCUT2D eigenvalue weighted by molar-refractivity contribution is 7.97. The van der Waals surface area contributed by atoms with Crippen LogP contribution in [0, 0.1) is 0 Å². The van der Waals surface area contributed by atoms with Crippen molar-refractivity contribution in [2.45, 2.75) is 12.2 Å². The summed E-state index contributed by atoms with van der Waals surface area (Å²) >= 11 is 1.65. The minimum Gasteiger partial charge on any atom is -0.508 e. The Balaban J connectivity index is 2.08. The lowest BCUT2D eigenvalue weighted by atomic mass is 10.1. The lowest BCUT2D eigenvalue weighted by Crippen LogP contribution is -1.89. The van der Waals surface area contributed by atoms with Crippen molar-refractivity contribution in [1.82, 2.24) is 10.1 Å². The van der Waals surface area contributed by atoms with E-state index in [1.807, 2.05) is 12.3 Å². The summed E-state index contributed by atoms with van der Waals surface area (Å²) in [7, 11) is 0. The van der Waals surface area contributed by atoms with Gasteiger partial charge in [-0.25, -0.2) is 0 Å². The SMILES string of the molecule is CSCc1noc(Cc2cccc(O)c2)n1. The van der Waals surface area contributed by atoms with Gasteiger partial charge in [0, 0.05) is 0 Å². The predicted octanol–water partition coefficient (Wildman–Crippen LogP) is 2.23. The van der Waals surface area contributed by atoms with Gasteiger partial charge in [-0.1, -0.05) is 17.3 Å². The van der Waals surface area contributed by atoms with E-state index >= 15 is 0 Å². The third-order valence-corrected chi connectivity index (χ3v) is 2.60. The topological polar surface area (TPSA) is 59.2 Å². The van der Waals surface area contributed by atoms with Gasteiger partial charge in [-0.3, -0.25) is 0 Å². The number of rotatable bonds is 4. The molecule has 0 spiro atoms. The Hall–Kier alpha value is -1.49. The number of thioether (sulfide) groups is 1. The molecule has 2 rings (SSSR count). The maximum atomic E-state index is 9.31. The molecule has 4 nitrogen and oxygen atoms in total. The van der Waals surface area contributed by atoms with E-state index in [4.69, 9.17) is 4.52 Å². The molecule has 0 saturated heterocycles. The zero-order chi connectivity index (χ0) is 11.4. The van der Waals surface area contributed by atoms with Crippen molar-refractivity contribution in [3.05, 3.63) is 41.5 Å². The number of phenolic OH excluding ortho intramolecular Hbond substituents is 1. The lowest BCUT2D eigenvalue weighted by Gasteiger charge is -1.96. The molecular formula is C11H12N2O2S. The first kappa shape index (κ1) is 11.0. The molecule has 84 valence electrons. The molecule has 0 aliphatic rings. The average molecular weight is 236 g/mol. The molecule has 0 aliphatic carbocycles. The fraction of sp³-hybridized carbons (Fsp3) is 0.273. The number of aromatic hydroxyl groups is 1. The van der Waals surface area contributed by atoms with E-state index in [0.717, 1.165) is 11.3 Å². The predicted molar refractivity (Wildman–Crippen MR) is 62.4 cm³/mol. The standard InChI is InChI=1S/C11H12N2O2S/c1-16-7-10-12-11(15-13-10)6-8-3-2-4-9(14)5-8/h2-5,14H,6-7H2,1H3. The second-order valence-electron chi connectivity index (χ2n) is 3.38. The van der Waals surface area contributed by atoms with Crippen molar-refractivity contribution in [2.24, 2.45) is 0 Å². The van der Waals surface area contributed by atoms with Crippen LogP contribution in [0.5, 0.6) is 5.75 Å². The van der Waals surface area contributed by atoms with Crippen molar-refractivity contribution in [3.8, 4) is 5.75 Å². The quantitative estimate of drug-likeness (QED) is 0.882. The number of hydrogen-bond acceptors (Lipinski definition) is 5. The zero-order valence-corrected chi connectivity index (χ0v) is 9.70. The molecule has 0 radical (unpaired) electrons. The molecule has 2 aromatic rings. The Bertz CT molecular complexity index is 471. The Morgan fingerprint density at radius 3 is 3.06 bits per heavy atom. The molecule has 1 N–H and O–H groups in total. The molecular weight excluding hydrogens is 224 g/mol. The maximum absolute atomic E-state index is 9.31. The second-order valence-corrected chi connectivity index (χ2v) is 4.25. The van der Waals surface area contributed by atoms with Gasteiger partial charge in [0.1, 0.15) is 5.75 Å². The summed E-state index contributed by atoms with van der Waals surface area (Å²) in [6.07, 6.45) is 2.54. The summed E-state index contributed by atoms with van der Waals surface area (Å²) in [6.45, 7) is 0. The minimum atomic E-state index is 0.251. The van der Waals surface area contributed by atoms with E-state index in [9.17, 15) is 5.11 Å². The summed E-state index contributed by atoms with van der Waals surface area (Å²) in [5, 5.41) is 13.2. The third kappa shape index (κ3) is 2.76. The van der Waals surface area contributed by atoms with Gasteiger partial charge in [-0.05, 0) is 24.0 Å². The number of hydrogen-bond donors (Lipinski definition) is 1. The van der Waals surface area contributed by atoms with E-state index in [0.29, 0.717) is 18.1 Å². The van der Waals surface area contributed by atoms with E-state index in [1.165, 1.54) is 0 Å². The van der Waals surface area contributed by atoms with Gasteiger partial charge >= 0.3 is 0 Å². The van der Waals surface area contributed by atoms with Gasteiger partial charge in [0.25, 0.3) is 0 Å². The van der Waals surface area contributed by atoms with Gasteiger partial charge in [0.2, 0.25) is 5.89 Å². The number of nitrogens with zero attached hydrogens (tertiary/aromatic N) is 2. The second kappa shape index (κ2) is 5.03. The molecule has 0 fully saturated rings. The highest BCUT2D eigenvalue weighted by atomic mass is 32.2. The number of benzene rings is 1. The highest BCUT2D eigenvalue weighted by Crippen LogP contribution is 2.14. The van der Waals surface area contributed by atoms with Crippen LogP contribution >= 0.6 is 11.8 Å². The monoisotopic (exact) mass is 236 g/mol. The molecule has 5 heteroatoms. The summed E-state index contributed by atoms with van der Waals surface area (Å²) in [4.78, 5) is 4.24. The number of aromatic nitrogens is 2. The fourth-order valence-electron chi connectivity index (χ4n) is 1.39. The maximum Gasteiger partial charge on any atom is 0.231 e. The third-order valence-electron chi connectivity index (χ3n) is 2.05. The highest BCUT2D eigenvalue weighted by Gasteiger charge is 2.06. The average Bonchev–Trinajstić information content (AvgIpc) is 2.66. The van der Waals surface area contributed by atoms with Crippen molar-refractivity contribution < 1.29 is 9.63 Å². The minimum absolute atomic E-state index is 0.251. The van der Waals surface area contributed by atoms with Gasteiger partial charge < -0.3 is 9.63 Å². The smallest absolute Gasteiger partial charge is 0.231 e. The summed E-state index contributed by atoms with van der Waals surface area (Å²) < 4.78 is 5.10. The molecule has 1 aromatic heterocycles. The Morgan fingerprint density at radius 1 is 1.44 bits per heavy atom. The van der Waals surface area contributed by atoms with Gasteiger partial charge in [0.05, 0.1) is 12.2 Å². The molecule has 0 amide bonds. The fourth-order valence-corrected chi connectivity index (χ4v) is 1.77. The Labute approximate surface area is 97.7 Å². The molecule has 1 aromatic carbocycles. The van der Waals surface area contributed by atoms with Crippen molar-refractivity contribution in [3.63, 3.8) is 0 Å². The zero-order valence-electron chi connectivity index (χ0n) is 8.88. The molecule has 16 heavy (non-hydrogen) atoms. The summed E-state index contributed by atoms with van der Waals surface area (Å²) in [5.41, 5.74) is 0.958. The van der Waals surface area contributed by atoms with Crippen molar-refractivity contribution >= 4 is 11.8 Å². The van der Waals surface area contributed by atoms with Crippen molar-refractivity contribution in [1.29, 1.82) is 0 Å². The van der Waals surface area contributed by atoms with Gasteiger partial charge in [-0.2, -0.15) is 16.7 Å². The van der Waals surface area contributed by atoms with E-state index in [1.54, 1.807) is 30.0 Å². The van der Waals surface area contributed by atoms with Crippen LogP contribution in [0.2, 0.25) is 0 Å². The molecule has 0 saturated carbocycles. The number of phenols is 1. The van der Waals surface area contributed by atoms with Crippen LogP contribution in [0.3, 0.4) is 0 Å². The van der Waals surface area contributed by atoms with E-state index in [-0.39, 0.29) is 5.75 Å². The first-order valence-corrected chi connectivity index (χ1v) is 6.25.